The molecule has 1 aromatic carbocycles. The second kappa shape index (κ2) is 7.13. The molecule has 0 amide bonds. The minimum atomic E-state index is -4.97. The number of aryl methyl sites for hydroxylation is 1. The Morgan fingerprint density at radius 1 is 1.15 bits per heavy atom. The molecule has 2 aromatic heterocycles. The number of piperidine rings is 1. The highest BCUT2D eigenvalue weighted by atomic mass is 19.4. The van der Waals surface area contributed by atoms with Gasteiger partial charge < -0.3 is 10.2 Å². The summed E-state index contributed by atoms with van der Waals surface area (Å²) >= 11 is 0. The van der Waals surface area contributed by atoms with Gasteiger partial charge in [0.05, 0.1) is 10.9 Å². The highest BCUT2D eigenvalue weighted by Crippen LogP contribution is 2.40. The molecule has 0 unspecified atom stereocenters. The van der Waals surface area contributed by atoms with Crippen molar-refractivity contribution in [2.24, 2.45) is 7.05 Å². The summed E-state index contributed by atoms with van der Waals surface area (Å²) < 4.78 is 70.3. The summed E-state index contributed by atoms with van der Waals surface area (Å²) in [6.45, 7) is 6.36. The molecule has 11 heteroatoms. The molecular formula is C22H21F5N6. The Balaban J connectivity index is 1.52. The van der Waals surface area contributed by atoms with Crippen LogP contribution in [-0.4, -0.2) is 38.4 Å². The summed E-state index contributed by atoms with van der Waals surface area (Å²) in [7, 11) is 1.57. The number of hydrogen-bond donors (Lipinski definition) is 1. The van der Waals surface area contributed by atoms with E-state index >= 15 is 0 Å². The molecule has 4 heterocycles. The lowest BCUT2D eigenvalue weighted by molar-refractivity contribution is -0.140. The van der Waals surface area contributed by atoms with Gasteiger partial charge in [-0.1, -0.05) is 6.58 Å². The SMILES string of the molecule is C=C1CC2(CCN(c3ncc4c(-c5cc(C(F)(F)F)c(F)c(C)c5F)nn(C)c4n3)CC2)N1. The molecule has 0 saturated carbocycles. The van der Waals surface area contributed by atoms with Gasteiger partial charge in [-0.2, -0.15) is 23.3 Å². The van der Waals surface area contributed by atoms with Gasteiger partial charge in [-0.15, -0.1) is 0 Å². The topological polar surface area (TPSA) is 58.9 Å². The van der Waals surface area contributed by atoms with Gasteiger partial charge in [-0.3, -0.25) is 0 Å². The quantitative estimate of drug-likeness (QED) is 0.567. The number of halogens is 5. The van der Waals surface area contributed by atoms with Gasteiger partial charge in [0.25, 0.3) is 0 Å². The average Bonchev–Trinajstić information content (AvgIpc) is 3.07. The Morgan fingerprint density at radius 3 is 2.42 bits per heavy atom. The van der Waals surface area contributed by atoms with E-state index in [1.807, 2.05) is 4.90 Å². The highest BCUT2D eigenvalue weighted by molar-refractivity contribution is 5.91. The first-order chi connectivity index (χ1) is 15.5. The fourth-order valence-electron chi connectivity index (χ4n) is 4.73. The summed E-state index contributed by atoms with van der Waals surface area (Å²) in [6, 6.07) is 0.455. The molecule has 2 aliphatic heterocycles. The lowest BCUT2D eigenvalue weighted by atomic mass is 9.77. The molecule has 174 valence electrons. The zero-order valence-electron chi connectivity index (χ0n) is 18.0. The van der Waals surface area contributed by atoms with Gasteiger partial charge in [-0.25, -0.2) is 18.4 Å². The molecule has 0 radical (unpaired) electrons. The van der Waals surface area contributed by atoms with Gasteiger partial charge in [0.2, 0.25) is 5.95 Å². The van der Waals surface area contributed by atoms with Crippen molar-refractivity contribution in [3.05, 3.63) is 47.3 Å². The van der Waals surface area contributed by atoms with Crippen LogP contribution < -0.4 is 10.2 Å². The van der Waals surface area contributed by atoms with Crippen LogP contribution in [0.4, 0.5) is 27.9 Å². The summed E-state index contributed by atoms with van der Waals surface area (Å²) in [5.41, 5.74) is -1.29. The van der Waals surface area contributed by atoms with Crippen LogP contribution in [-0.2, 0) is 13.2 Å². The van der Waals surface area contributed by atoms with Gasteiger partial charge in [0.15, 0.2) is 5.65 Å². The van der Waals surface area contributed by atoms with Crippen LogP contribution in [0.5, 0.6) is 0 Å². The van der Waals surface area contributed by atoms with Crippen molar-refractivity contribution >= 4 is 17.0 Å². The van der Waals surface area contributed by atoms with Crippen molar-refractivity contribution < 1.29 is 22.0 Å². The van der Waals surface area contributed by atoms with E-state index in [4.69, 9.17) is 0 Å². The van der Waals surface area contributed by atoms with Crippen molar-refractivity contribution in [1.82, 2.24) is 25.1 Å². The fourth-order valence-corrected chi connectivity index (χ4v) is 4.73. The molecule has 2 aliphatic rings. The predicted molar refractivity (Wildman–Crippen MR) is 112 cm³/mol. The van der Waals surface area contributed by atoms with Crippen molar-refractivity contribution in [3.8, 4) is 11.3 Å². The first-order valence-electron chi connectivity index (χ1n) is 10.5. The maximum Gasteiger partial charge on any atom is 0.419 e. The molecule has 0 aliphatic carbocycles. The Bertz CT molecular complexity index is 1280. The molecule has 2 saturated heterocycles. The van der Waals surface area contributed by atoms with Gasteiger partial charge in [-0.05, 0) is 25.8 Å². The zero-order valence-corrected chi connectivity index (χ0v) is 18.0. The van der Waals surface area contributed by atoms with Gasteiger partial charge in [0, 0.05) is 55.1 Å². The van der Waals surface area contributed by atoms with E-state index in [1.165, 1.54) is 10.9 Å². The third-order valence-corrected chi connectivity index (χ3v) is 6.55. The fraction of sp³-hybridized carbons (Fsp3) is 0.409. The number of hydrogen-bond acceptors (Lipinski definition) is 5. The van der Waals surface area contributed by atoms with Crippen molar-refractivity contribution in [2.75, 3.05) is 18.0 Å². The summed E-state index contributed by atoms with van der Waals surface area (Å²) in [5.74, 6) is -2.26. The molecular weight excluding hydrogens is 443 g/mol. The number of rotatable bonds is 2. The Hall–Kier alpha value is -3.24. The minimum Gasteiger partial charge on any atom is -0.383 e. The third kappa shape index (κ3) is 3.41. The van der Waals surface area contributed by atoms with E-state index in [0.717, 1.165) is 45.0 Å². The van der Waals surface area contributed by atoms with E-state index < -0.39 is 34.5 Å². The predicted octanol–water partition coefficient (Wildman–Crippen LogP) is 4.48. The molecule has 1 N–H and O–H groups in total. The minimum absolute atomic E-state index is 0.0695. The Morgan fingerprint density at radius 2 is 1.82 bits per heavy atom. The summed E-state index contributed by atoms with van der Waals surface area (Å²) in [5, 5.41) is 7.88. The second-order valence-electron chi connectivity index (χ2n) is 8.77. The zero-order chi connectivity index (χ0) is 23.7. The van der Waals surface area contributed by atoms with Crippen LogP contribution in [0.25, 0.3) is 22.3 Å². The smallest absolute Gasteiger partial charge is 0.383 e. The van der Waals surface area contributed by atoms with E-state index in [2.05, 4.69) is 27.0 Å². The van der Waals surface area contributed by atoms with Crippen LogP contribution in [0.2, 0.25) is 0 Å². The monoisotopic (exact) mass is 464 g/mol. The number of aromatic nitrogens is 4. The van der Waals surface area contributed by atoms with Gasteiger partial charge >= 0.3 is 6.18 Å². The Labute approximate surface area is 186 Å². The normalized spacial score (nSPS) is 18.0. The van der Waals surface area contributed by atoms with Crippen LogP contribution in [0.3, 0.4) is 0 Å². The Kier molecular flexibility index (Phi) is 4.67. The number of nitrogens with one attached hydrogen (secondary N) is 1. The number of fused-ring (bicyclic) bond motifs is 1. The first-order valence-corrected chi connectivity index (χ1v) is 10.5. The molecule has 0 atom stereocenters. The van der Waals surface area contributed by atoms with Crippen LogP contribution >= 0.6 is 0 Å². The standard InChI is InChI=1S/C22H21F5N6/c1-11-9-21(30-11)4-6-33(7-5-21)20-28-10-14-18(31-32(3)19(14)29-20)13-8-15(22(25,26)27)17(24)12(2)16(13)23/h8,10,30H,1,4-7,9H2,2-3H3. The average molecular weight is 464 g/mol. The largest absolute Gasteiger partial charge is 0.419 e. The van der Waals surface area contributed by atoms with E-state index in [1.54, 1.807) is 7.05 Å². The molecule has 2 fully saturated rings. The number of anilines is 1. The summed E-state index contributed by atoms with van der Waals surface area (Å²) in [4.78, 5) is 11.0. The maximum atomic E-state index is 14.8. The van der Waals surface area contributed by atoms with Crippen LogP contribution in [0.1, 0.15) is 30.4 Å². The molecule has 1 spiro atoms. The number of benzene rings is 1. The van der Waals surface area contributed by atoms with Crippen LogP contribution in [0.15, 0.2) is 24.5 Å². The van der Waals surface area contributed by atoms with E-state index in [0.29, 0.717) is 17.7 Å². The second-order valence-corrected chi connectivity index (χ2v) is 8.77. The van der Waals surface area contributed by atoms with E-state index in [-0.39, 0.29) is 16.6 Å². The van der Waals surface area contributed by atoms with Crippen molar-refractivity contribution in [3.63, 3.8) is 0 Å². The van der Waals surface area contributed by atoms with Gasteiger partial charge in [0.1, 0.15) is 17.3 Å². The lowest BCUT2D eigenvalue weighted by Crippen LogP contribution is -2.60. The number of alkyl halides is 3. The molecule has 33 heavy (non-hydrogen) atoms. The highest BCUT2D eigenvalue weighted by Gasteiger charge is 2.42. The number of nitrogens with zero attached hydrogens (tertiary/aromatic N) is 5. The third-order valence-electron chi connectivity index (χ3n) is 6.55. The molecule has 5 rings (SSSR count). The molecule has 6 nitrogen and oxygen atoms in total. The maximum absolute atomic E-state index is 14.8. The molecule has 0 bridgehead atoms. The van der Waals surface area contributed by atoms with Crippen molar-refractivity contribution in [2.45, 2.75) is 37.9 Å². The van der Waals surface area contributed by atoms with Crippen LogP contribution in [0, 0.1) is 18.6 Å². The summed E-state index contributed by atoms with van der Waals surface area (Å²) in [6.07, 6.45) is -0.777. The molecule has 3 aromatic rings. The lowest BCUT2D eigenvalue weighted by Gasteiger charge is -2.50. The van der Waals surface area contributed by atoms with Crippen molar-refractivity contribution in [1.29, 1.82) is 0 Å². The van der Waals surface area contributed by atoms with E-state index in [9.17, 15) is 22.0 Å². The first kappa shape index (κ1) is 21.6.